The van der Waals surface area contributed by atoms with Gasteiger partial charge in [-0.2, -0.15) is 0 Å². The predicted molar refractivity (Wildman–Crippen MR) is 89.6 cm³/mol. The summed E-state index contributed by atoms with van der Waals surface area (Å²) in [6, 6.07) is 17.7. The van der Waals surface area contributed by atoms with Gasteiger partial charge in [-0.15, -0.1) is 11.8 Å². The van der Waals surface area contributed by atoms with E-state index in [1.54, 1.807) is 0 Å². The number of esters is 1. The lowest BCUT2D eigenvalue weighted by molar-refractivity contribution is -0.140. The smallest absolute Gasteiger partial charge is 0.315 e. The number of benzene rings is 2. The maximum absolute atomic E-state index is 11.7. The molecule has 0 bridgehead atoms. The average Bonchev–Trinajstić information content (AvgIpc) is 2.56. The van der Waals surface area contributed by atoms with Gasteiger partial charge in [0, 0.05) is 12.2 Å². The zero-order valence-corrected chi connectivity index (χ0v) is 13.2. The summed E-state index contributed by atoms with van der Waals surface area (Å²) in [4.78, 5) is 11.7. The lowest BCUT2D eigenvalue weighted by atomic mass is 10.1. The third kappa shape index (κ3) is 5.92. The second-order valence-electron chi connectivity index (χ2n) is 4.93. The predicted octanol–water partition coefficient (Wildman–Crippen LogP) is 3.20. The van der Waals surface area contributed by atoms with E-state index in [0.29, 0.717) is 12.4 Å². The Labute approximate surface area is 135 Å². The minimum Gasteiger partial charge on any atom is -0.465 e. The molecule has 0 aliphatic rings. The van der Waals surface area contributed by atoms with E-state index < -0.39 is 0 Å². The Morgan fingerprint density at radius 3 is 2.50 bits per heavy atom. The number of hydrogen-bond acceptors (Lipinski definition) is 4. The number of thioether (sulfide) groups is 1. The second kappa shape index (κ2) is 9.28. The minimum atomic E-state index is -0.181. The van der Waals surface area contributed by atoms with Crippen molar-refractivity contribution in [1.82, 2.24) is 0 Å². The van der Waals surface area contributed by atoms with E-state index in [1.807, 2.05) is 54.6 Å². The molecule has 0 radical (unpaired) electrons. The van der Waals surface area contributed by atoms with Gasteiger partial charge in [0.2, 0.25) is 0 Å². The average molecular weight is 316 g/mol. The Kier molecular flexibility index (Phi) is 7.00. The normalized spacial score (nSPS) is 10.4. The maximum Gasteiger partial charge on any atom is 0.315 e. The summed E-state index contributed by atoms with van der Waals surface area (Å²) in [5.74, 6) is 0.902. The molecule has 2 aromatic rings. The number of carbonyl (C=O) groups is 1. The molecule has 1 N–H and O–H groups in total. The first-order chi connectivity index (χ1) is 10.8. The Hall–Kier alpha value is -1.78. The number of rotatable bonds is 8. The van der Waals surface area contributed by atoms with Crippen LogP contribution in [0.25, 0.3) is 0 Å². The van der Waals surface area contributed by atoms with Crippen molar-refractivity contribution >= 4 is 17.7 Å². The molecule has 4 heteroatoms. The largest absolute Gasteiger partial charge is 0.465 e. The van der Waals surface area contributed by atoms with Crippen LogP contribution >= 0.6 is 11.8 Å². The molecule has 2 aromatic carbocycles. The zero-order valence-electron chi connectivity index (χ0n) is 12.4. The van der Waals surface area contributed by atoms with Gasteiger partial charge in [-0.25, -0.2) is 0 Å². The first-order valence-corrected chi connectivity index (χ1v) is 8.39. The molecule has 0 saturated heterocycles. The third-order valence-corrected chi connectivity index (χ3v) is 4.14. The van der Waals surface area contributed by atoms with Crippen LogP contribution in [0.5, 0.6) is 0 Å². The molecule has 0 aromatic heterocycles. The quantitative estimate of drug-likeness (QED) is 0.760. The Morgan fingerprint density at radius 2 is 1.73 bits per heavy atom. The van der Waals surface area contributed by atoms with Gasteiger partial charge in [0.05, 0.1) is 19.0 Å². The Morgan fingerprint density at radius 1 is 1.00 bits per heavy atom. The van der Waals surface area contributed by atoms with E-state index >= 15 is 0 Å². The topological polar surface area (TPSA) is 46.5 Å². The molecule has 0 amide bonds. The molecular formula is C18H20O3S. The zero-order chi connectivity index (χ0) is 15.6. The molecule has 116 valence electrons. The monoisotopic (exact) mass is 316 g/mol. The van der Waals surface area contributed by atoms with Gasteiger partial charge in [-0.05, 0) is 16.7 Å². The van der Waals surface area contributed by atoms with E-state index in [4.69, 9.17) is 9.84 Å². The molecule has 3 nitrogen and oxygen atoms in total. The molecule has 0 spiro atoms. The highest BCUT2D eigenvalue weighted by Gasteiger charge is 2.04. The van der Waals surface area contributed by atoms with Crippen molar-refractivity contribution in [3.05, 3.63) is 71.3 Å². The van der Waals surface area contributed by atoms with Crippen LogP contribution in [0.2, 0.25) is 0 Å². The third-order valence-electron chi connectivity index (χ3n) is 3.16. The highest BCUT2D eigenvalue weighted by molar-refractivity contribution is 7.99. The highest BCUT2D eigenvalue weighted by Crippen LogP contribution is 2.14. The van der Waals surface area contributed by atoms with Crippen molar-refractivity contribution in [2.45, 2.75) is 18.8 Å². The lowest BCUT2D eigenvalue weighted by Crippen LogP contribution is -2.10. The van der Waals surface area contributed by atoms with Gasteiger partial charge in [0.25, 0.3) is 0 Å². The number of carbonyl (C=O) groups excluding carboxylic acids is 1. The van der Waals surface area contributed by atoms with Gasteiger partial charge in [-0.3, -0.25) is 4.79 Å². The molecule has 0 fully saturated rings. The van der Waals surface area contributed by atoms with E-state index in [0.717, 1.165) is 23.3 Å². The number of ether oxygens (including phenoxy) is 1. The second-order valence-corrected chi connectivity index (χ2v) is 5.91. The van der Waals surface area contributed by atoms with Gasteiger partial charge >= 0.3 is 5.97 Å². The van der Waals surface area contributed by atoms with Crippen LogP contribution < -0.4 is 0 Å². The van der Waals surface area contributed by atoms with Gasteiger partial charge in [-0.1, -0.05) is 54.6 Å². The fourth-order valence-corrected chi connectivity index (χ4v) is 2.81. The standard InChI is InChI=1S/C18H20O3S/c19-12-16-7-4-8-17(11-16)13-22-14-18(20)21-10-9-15-5-2-1-3-6-15/h1-8,11,19H,9-10,12-14H2. The maximum atomic E-state index is 11.7. The van der Waals surface area contributed by atoms with Crippen LogP contribution in [0.4, 0.5) is 0 Å². The Bertz CT molecular complexity index is 584. The van der Waals surface area contributed by atoms with E-state index in [9.17, 15) is 4.79 Å². The van der Waals surface area contributed by atoms with E-state index in [2.05, 4.69) is 0 Å². The van der Waals surface area contributed by atoms with Crippen molar-refractivity contribution in [3.8, 4) is 0 Å². The first-order valence-electron chi connectivity index (χ1n) is 7.24. The van der Waals surface area contributed by atoms with Crippen molar-refractivity contribution in [3.63, 3.8) is 0 Å². The van der Waals surface area contributed by atoms with Crippen LogP contribution in [0.1, 0.15) is 16.7 Å². The van der Waals surface area contributed by atoms with Crippen molar-refractivity contribution in [2.75, 3.05) is 12.4 Å². The van der Waals surface area contributed by atoms with Crippen LogP contribution in [-0.2, 0) is 28.3 Å². The van der Waals surface area contributed by atoms with Crippen LogP contribution in [0.3, 0.4) is 0 Å². The molecule has 22 heavy (non-hydrogen) atoms. The molecule has 0 aliphatic heterocycles. The number of aliphatic hydroxyl groups excluding tert-OH is 1. The molecule has 0 saturated carbocycles. The van der Waals surface area contributed by atoms with Gasteiger partial charge in [0.15, 0.2) is 0 Å². The molecular weight excluding hydrogens is 296 g/mol. The number of hydrogen-bond donors (Lipinski definition) is 1. The highest BCUT2D eigenvalue weighted by atomic mass is 32.2. The Balaban J connectivity index is 1.63. The molecule has 0 atom stereocenters. The summed E-state index contributed by atoms with van der Waals surface area (Å²) in [6.07, 6.45) is 0.746. The van der Waals surface area contributed by atoms with Gasteiger partial charge in [0.1, 0.15) is 0 Å². The molecule has 2 rings (SSSR count). The summed E-state index contributed by atoms with van der Waals surface area (Å²) >= 11 is 1.52. The summed E-state index contributed by atoms with van der Waals surface area (Å²) in [5.41, 5.74) is 3.17. The van der Waals surface area contributed by atoms with Crippen molar-refractivity contribution in [2.24, 2.45) is 0 Å². The fourth-order valence-electron chi connectivity index (χ4n) is 2.04. The van der Waals surface area contributed by atoms with E-state index in [1.165, 1.54) is 17.3 Å². The van der Waals surface area contributed by atoms with Crippen LogP contribution in [0, 0.1) is 0 Å². The van der Waals surface area contributed by atoms with Crippen LogP contribution in [-0.4, -0.2) is 23.4 Å². The molecule has 0 aliphatic carbocycles. The van der Waals surface area contributed by atoms with Gasteiger partial charge < -0.3 is 9.84 Å². The minimum absolute atomic E-state index is 0.0417. The fraction of sp³-hybridized carbons (Fsp3) is 0.278. The van der Waals surface area contributed by atoms with Crippen LogP contribution in [0.15, 0.2) is 54.6 Å². The number of aliphatic hydroxyl groups is 1. The SMILES string of the molecule is O=C(CSCc1cccc(CO)c1)OCCc1ccccc1. The summed E-state index contributed by atoms with van der Waals surface area (Å²) in [5, 5.41) is 9.09. The van der Waals surface area contributed by atoms with Crippen molar-refractivity contribution < 1.29 is 14.6 Å². The first kappa shape index (κ1) is 16.6. The lowest BCUT2D eigenvalue weighted by Gasteiger charge is -2.06. The molecule has 0 unspecified atom stereocenters. The molecule has 0 heterocycles. The summed E-state index contributed by atoms with van der Waals surface area (Å²) in [6.45, 7) is 0.462. The van der Waals surface area contributed by atoms with E-state index in [-0.39, 0.29) is 12.6 Å². The van der Waals surface area contributed by atoms with Crippen molar-refractivity contribution in [1.29, 1.82) is 0 Å². The summed E-state index contributed by atoms with van der Waals surface area (Å²) in [7, 11) is 0. The summed E-state index contributed by atoms with van der Waals surface area (Å²) < 4.78 is 5.23.